The smallest absolute Gasteiger partial charge is 0.218 e. The summed E-state index contributed by atoms with van der Waals surface area (Å²) in [5.74, 6) is 0.741. The average Bonchev–Trinajstić information content (AvgIpc) is 2.17. The Labute approximate surface area is 86.6 Å². The molecule has 0 aromatic heterocycles. The second-order valence-corrected chi connectivity index (χ2v) is 4.29. The molecule has 14 heavy (non-hydrogen) atoms. The van der Waals surface area contributed by atoms with Gasteiger partial charge in [0.1, 0.15) is 0 Å². The Morgan fingerprint density at radius 2 is 2.07 bits per heavy atom. The van der Waals surface area contributed by atoms with Crippen LogP contribution in [0.2, 0.25) is 0 Å². The highest BCUT2D eigenvalue weighted by Gasteiger charge is 2.18. The zero-order valence-electron chi connectivity index (χ0n) is 9.17. The maximum absolute atomic E-state index is 10.6. The molecule has 1 fully saturated rings. The normalized spacial score (nSPS) is 19.8. The van der Waals surface area contributed by atoms with Crippen LogP contribution in [0.4, 0.5) is 0 Å². The second kappa shape index (κ2) is 6.02. The van der Waals surface area contributed by atoms with Gasteiger partial charge >= 0.3 is 0 Å². The number of rotatable bonds is 5. The van der Waals surface area contributed by atoms with E-state index < -0.39 is 0 Å². The quantitative estimate of drug-likeness (QED) is 0.725. The predicted octanol–water partition coefficient (Wildman–Crippen LogP) is 1.37. The minimum absolute atomic E-state index is 0.180. The van der Waals surface area contributed by atoms with Gasteiger partial charge in [-0.3, -0.25) is 4.79 Å². The summed E-state index contributed by atoms with van der Waals surface area (Å²) in [7, 11) is 0. The van der Waals surface area contributed by atoms with Crippen molar-refractivity contribution >= 4 is 5.91 Å². The van der Waals surface area contributed by atoms with E-state index >= 15 is 0 Å². The molecule has 0 radical (unpaired) electrons. The number of likely N-dealkylation sites (tertiary alicyclic amines) is 1. The Hall–Kier alpha value is -0.570. The number of hydrogen-bond acceptors (Lipinski definition) is 2. The molecule has 0 spiro atoms. The molecule has 2 N–H and O–H groups in total. The van der Waals surface area contributed by atoms with E-state index in [1.54, 1.807) is 0 Å². The van der Waals surface area contributed by atoms with E-state index in [1.165, 1.54) is 25.7 Å². The van der Waals surface area contributed by atoms with Crippen molar-refractivity contribution in [2.75, 3.05) is 19.6 Å². The first kappa shape index (κ1) is 11.5. The molecule has 1 aliphatic rings. The van der Waals surface area contributed by atoms with Crippen molar-refractivity contribution in [1.29, 1.82) is 0 Å². The molecule has 0 saturated carbocycles. The maximum atomic E-state index is 10.6. The molecule has 0 aromatic rings. The van der Waals surface area contributed by atoms with Gasteiger partial charge in [0.15, 0.2) is 0 Å². The molecular weight excluding hydrogens is 176 g/mol. The number of piperidine rings is 1. The molecule has 1 saturated heterocycles. The Bertz CT molecular complexity index is 174. The van der Waals surface area contributed by atoms with Crippen molar-refractivity contribution in [2.45, 2.75) is 39.0 Å². The molecule has 1 rings (SSSR count). The van der Waals surface area contributed by atoms with Crippen LogP contribution >= 0.6 is 0 Å². The molecule has 0 unspecified atom stereocenters. The van der Waals surface area contributed by atoms with Gasteiger partial charge in [0.05, 0.1) is 0 Å². The van der Waals surface area contributed by atoms with Crippen LogP contribution in [0, 0.1) is 5.92 Å². The molecule has 3 heteroatoms. The van der Waals surface area contributed by atoms with Gasteiger partial charge in [-0.05, 0) is 31.8 Å². The van der Waals surface area contributed by atoms with Gasteiger partial charge in [-0.2, -0.15) is 0 Å². The van der Waals surface area contributed by atoms with E-state index in [-0.39, 0.29) is 5.91 Å². The summed E-state index contributed by atoms with van der Waals surface area (Å²) in [4.78, 5) is 13.0. The van der Waals surface area contributed by atoms with E-state index in [4.69, 9.17) is 5.73 Å². The summed E-state index contributed by atoms with van der Waals surface area (Å²) in [6.07, 6.45) is 5.77. The first-order valence-corrected chi connectivity index (χ1v) is 5.73. The fraction of sp³-hybridized carbons (Fsp3) is 0.909. The molecule has 1 heterocycles. The van der Waals surface area contributed by atoms with Crippen molar-refractivity contribution in [3.05, 3.63) is 0 Å². The molecule has 1 aliphatic heterocycles. The summed E-state index contributed by atoms with van der Waals surface area (Å²) in [5.41, 5.74) is 5.12. The van der Waals surface area contributed by atoms with Crippen molar-refractivity contribution in [2.24, 2.45) is 11.7 Å². The van der Waals surface area contributed by atoms with E-state index in [0.29, 0.717) is 6.42 Å². The molecule has 3 nitrogen and oxygen atoms in total. The van der Waals surface area contributed by atoms with Crippen LogP contribution in [0.1, 0.15) is 39.0 Å². The lowest BCUT2D eigenvalue weighted by molar-refractivity contribution is -0.118. The summed E-state index contributed by atoms with van der Waals surface area (Å²) in [5, 5.41) is 0. The van der Waals surface area contributed by atoms with Crippen molar-refractivity contribution in [3.8, 4) is 0 Å². The minimum Gasteiger partial charge on any atom is -0.370 e. The third-order valence-corrected chi connectivity index (χ3v) is 3.08. The second-order valence-electron chi connectivity index (χ2n) is 4.29. The fourth-order valence-corrected chi connectivity index (χ4v) is 2.18. The van der Waals surface area contributed by atoms with E-state index in [2.05, 4.69) is 11.8 Å². The summed E-state index contributed by atoms with van der Waals surface area (Å²) < 4.78 is 0. The highest BCUT2D eigenvalue weighted by molar-refractivity contribution is 5.73. The number of carbonyl (C=O) groups excluding carboxylic acids is 1. The highest BCUT2D eigenvalue weighted by atomic mass is 16.1. The van der Waals surface area contributed by atoms with Crippen LogP contribution in [-0.2, 0) is 4.79 Å². The molecular formula is C11H22N2O. The molecule has 0 bridgehead atoms. The van der Waals surface area contributed by atoms with Gasteiger partial charge in [0, 0.05) is 13.0 Å². The van der Waals surface area contributed by atoms with E-state index in [1.807, 2.05) is 0 Å². The summed E-state index contributed by atoms with van der Waals surface area (Å²) in [6, 6.07) is 0. The van der Waals surface area contributed by atoms with Crippen molar-refractivity contribution in [3.63, 3.8) is 0 Å². The first-order valence-electron chi connectivity index (χ1n) is 5.73. The number of hydrogen-bond donors (Lipinski definition) is 1. The lowest BCUT2D eigenvalue weighted by Gasteiger charge is -2.31. The molecule has 0 aliphatic carbocycles. The Kier molecular flexibility index (Phi) is 4.94. The number of primary amides is 1. The highest BCUT2D eigenvalue weighted by Crippen LogP contribution is 2.21. The largest absolute Gasteiger partial charge is 0.370 e. The third kappa shape index (κ3) is 4.09. The van der Waals surface area contributed by atoms with Crippen molar-refractivity contribution < 1.29 is 4.79 Å². The van der Waals surface area contributed by atoms with Gasteiger partial charge < -0.3 is 10.6 Å². The van der Waals surface area contributed by atoms with Crippen LogP contribution in [0.5, 0.6) is 0 Å². The van der Waals surface area contributed by atoms with E-state index in [0.717, 1.165) is 25.6 Å². The Morgan fingerprint density at radius 1 is 1.43 bits per heavy atom. The van der Waals surface area contributed by atoms with Gasteiger partial charge in [-0.15, -0.1) is 0 Å². The van der Waals surface area contributed by atoms with Crippen molar-refractivity contribution in [1.82, 2.24) is 4.90 Å². The standard InChI is InChI=1S/C11H22N2O/c1-2-3-10-4-7-13(8-5-10)9-6-11(12)14/h10H,2-9H2,1H3,(H2,12,14). The lowest BCUT2D eigenvalue weighted by Crippen LogP contribution is -2.35. The van der Waals surface area contributed by atoms with Crippen LogP contribution in [0.3, 0.4) is 0 Å². The van der Waals surface area contributed by atoms with Crippen LogP contribution in [0.25, 0.3) is 0 Å². The zero-order chi connectivity index (χ0) is 10.4. The molecule has 82 valence electrons. The predicted molar refractivity (Wildman–Crippen MR) is 57.9 cm³/mol. The van der Waals surface area contributed by atoms with Crippen LogP contribution in [0.15, 0.2) is 0 Å². The molecule has 0 aromatic carbocycles. The van der Waals surface area contributed by atoms with E-state index in [9.17, 15) is 4.79 Å². The van der Waals surface area contributed by atoms with Crippen LogP contribution in [-0.4, -0.2) is 30.4 Å². The number of nitrogens with two attached hydrogens (primary N) is 1. The zero-order valence-corrected chi connectivity index (χ0v) is 9.17. The number of carbonyl (C=O) groups is 1. The summed E-state index contributed by atoms with van der Waals surface area (Å²) >= 11 is 0. The fourth-order valence-electron chi connectivity index (χ4n) is 2.18. The van der Waals surface area contributed by atoms with Crippen LogP contribution < -0.4 is 5.73 Å². The summed E-state index contributed by atoms with van der Waals surface area (Å²) in [6.45, 7) is 5.41. The monoisotopic (exact) mass is 198 g/mol. The minimum atomic E-state index is -0.180. The van der Waals surface area contributed by atoms with Gasteiger partial charge in [-0.1, -0.05) is 19.8 Å². The molecule has 1 amide bonds. The SMILES string of the molecule is CCCC1CCN(CCC(N)=O)CC1. The Balaban J connectivity index is 2.12. The number of nitrogens with zero attached hydrogens (tertiary/aromatic N) is 1. The molecule has 0 atom stereocenters. The lowest BCUT2D eigenvalue weighted by atomic mass is 9.92. The third-order valence-electron chi connectivity index (χ3n) is 3.08. The first-order chi connectivity index (χ1) is 6.72. The van der Waals surface area contributed by atoms with Gasteiger partial charge in [-0.25, -0.2) is 0 Å². The topological polar surface area (TPSA) is 46.3 Å². The number of amides is 1. The van der Waals surface area contributed by atoms with Gasteiger partial charge in [0.2, 0.25) is 5.91 Å². The maximum Gasteiger partial charge on any atom is 0.218 e. The Morgan fingerprint density at radius 3 is 2.57 bits per heavy atom. The average molecular weight is 198 g/mol. The van der Waals surface area contributed by atoms with Gasteiger partial charge in [0.25, 0.3) is 0 Å².